The van der Waals surface area contributed by atoms with E-state index in [1.165, 1.54) is 5.56 Å². The highest BCUT2D eigenvalue weighted by Crippen LogP contribution is 2.22. The summed E-state index contributed by atoms with van der Waals surface area (Å²) in [7, 11) is 0. The third kappa shape index (κ3) is 1.78. The summed E-state index contributed by atoms with van der Waals surface area (Å²) >= 11 is 0. The minimum Gasteiger partial charge on any atom is -0.349 e. The van der Waals surface area contributed by atoms with Gasteiger partial charge in [-0.15, -0.1) is 0 Å². The van der Waals surface area contributed by atoms with Gasteiger partial charge >= 0.3 is 0 Å². The second-order valence-electron chi connectivity index (χ2n) is 4.12. The molecule has 5 nitrogen and oxygen atoms in total. The summed E-state index contributed by atoms with van der Waals surface area (Å²) in [6, 6.07) is 6.09. The first-order valence-electron chi connectivity index (χ1n) is 5.77. The number of anilines is 1. The zero-order chi connectivity index (χ0) is 12.4. The molecule has 0 radical (unpaired) electrons. The first-order chi connectivity index (χ1) is 8.88. The molecule has 2 aromatic rings. The largest absolute Gasteiger partial charge is 0.349 e. The Hall–Kier alpha value is -2.48. The molecule has 0 aromatic carbocycles. The highest BCUT2D eigenvalue weighted by atomic mass is 15.2. The number of nitriles is 1. The van der Waals surface area contributed by atoms with Crippen LogP contribution in [0, 0.1) is 11.3 Å². The molecular weight excluding hydrogens is 226 g/mol. The third-order valence-electron chi connectivity index (χ3n) is 3.05. The number of hydrogen-bond acceptors (Lipinski definition) is 5. The van der Waals surface area contributed by atoms with E-state index in [0.29, 0.717) is 11.5 Å². The second kappa shape index (κ2) is 4.41. The molecule has 88 valence electrons. The number of pyridine rings is 1. The molecule has 0 amide bonds. The molecule has 5 heteroatoms. The maximum atomic E-state index is 9.05. The summed E-state index contributed by atoms with van der Waals surface area (Å²) in [5, 5.41) is 9.05. The van der Waals surface area contributed by atoms with E-state index in [1.54, 1.807) is 12.4 Å². The van der Waals surface area contributed by atoms with Crippen LogP contribution in [0.3, 0.4) is 0 Å². The van der Waals surface area contributed by atoms with Crippen LogP contribution in [-0.2, 0) is 13.0 Å². The van der Waals surface area contributed by atoms with Gasteiger partial charge in [0.25, 0.3) is 0 Å². The minimum absolute atomic E-state index is 0.379. The van der Waals surface area contributed by atoms with Crippen molar-refractivity contribution in [1.82, 2.24) is 15.0 Å². The highest BCUT2D eigenvalue weighted by Gasteiger charge is 2.20. The number of nitrogens with zero attached hydrogens (tertiary/aromatic N) is 5. The van der Waals surface area contributed by atoms with Crippen molar-refractivity contribution in [1.29, 1.82) is 5.26 Å². The van der Waals surface area contributed by atoms with Crippen LogP contribution >= 0.6 is 0 Å². The Bertz CT molecular complexity index is 617. The van der Waals surface area contributed by atoms with Crippen molar-refractivity contribution in [2.45, 2.75) is 13.0 Å². The van der Waals surface area contributed by atoms with Gasteiger partial charge in [-0.3, -0.25) is 4.98 Å². The molecule has 0 bridgehead atoms. The van der Waals surface area contributed by atoms with Gasteiger partial charge in [0, 0.05) is 43.8 Å². The number of aromatic nitrogens is 3. The van der Waals surface area contributed by atoms with Crippen molar-refractivity contribution < 1.29 is 0 Å². The van der Waals surface area contributed by atoms with Gasteiger partial charge in [0.2, 0.25) is 0 Å². The van der Waals surface area contributed by atoms with E-state index in [1.807, 2.05) is 12.3 Å². The predicted molar refractivity (Wildman–Crippen MR) is 65.7 cm³/mol. The fourth-order valence-electron chi connectivity index (χ4n) is 2.19. The molecule has 1 aliphatic heterocycles. The highest BCUT2D eigenvalue weighted by molar-refractivity contribution is 5.51. The summed E-state index contributed by atoms with van der Waals surface area (Å²) in [5.41, 5.74) is 2.71. The van der Waals surface area contributed by atoms with Gasteiger partial charge < -0.3 is 4.90 Å². The lowest BCUT2D eigenvalue weighted by Crippen LogP contribution is -2.32. The monoisotopic (exact) mass is 237 g/mol. The average Bonchev–Trinajstić information content (AvgIpc) is 2.46. The van der Waals surface area contributed by atoms with Crippen LogP contribution < -0.4 is 4.90 Å². The van der Waals surface area contributed by atoms with Gasteiger partial charge in [-0.1, -0.05) is 6.07 Å². The maximum Gasteiger partial charge on any atom is 0.183 e. The molecule has 0 atom stereocenters. The lowest BCUT2D eigenvalue weighted by molar-refractivity contribution is 0.699. The average molecular weight is 237 g/mol. The van der Waals surface area contributed by atoms with Crippen molar-refractivity contribution in [2.24, 2.45) is 0 Å². The molecule has 0 aliphatic carbocycles. The van der Waals surface area contributed by atoms with Gasteiger partial charge in [0.1, 0.15) is 6.07 Å². The summed E-state index contributed by atoms with van der Waals surface area (Å²) in [6.45, 7) is 1.55. The normalized spacial score (nSPS) is 13.8. The van der Waals surface area contributed by atoms with Gasteiger partial charge in [-0.05, 0) is 11.6 Å². The number of rotatable bonds is 1. The number of fused-ring (bicyclic) bond motifs is 1. The van der Waals surface area contributed by atoms with E-state index < -0.39 is 0 Å². The molecule has 3 heterocycles. The van der Waals surface area contributed by atoms with Crippen molar-refractivity contribution >= 4 is 5.82 Å². The third-order valence-corrected chi connectivity index (χ3v) is 3.05. The van der Waals surface area contributed by atoms with Gasteiger partial charge in [-0.2, -0.15) is 5.26 Å². The van der Waals surface area contributed by atoms with Crippen LogP contribution in [0.4, 0.5) is 5.82 Å². The maximum absolute atomic E-state index is 9.05. The van der Waals surface area contributed by atoms with E-state index in [4.69, 9.17) is 5.26 Å². The van der Waals surface area contributed by atoms with Crippen molar-refractivity contribution in [3.05, 3.63) is 47.7 Å². The SMILES string of the molecule is N#Cc1nccnc1N1CCc2ncccc2C1. The molecular formula is C13H11N5. The first-order valence-corrected chi connectivity index (χ1v) is 5.77. The first kappa shape index (κ1) is 10.7. The van der Waals surface area contributed by atoms with E-state index in [9.17, 15) is 0 Å². The fourth-order valence-corrected chi connectivity index (χ4v) is 2.19. The lowest BCUT2D eigenvalue weighted by Gasteiger charge is -2.29. The fraction of sp³-hybridized carbons (Fsp3) is 0.231. The molecule has 18 heavy (non-hydrogen) atoms. The Balaban J connectivity index is 1.95. The zero-order valence-corrected chi connectivity index (χ0v) is 9.74. The summed E-state index contributed by atoms with van der Waals surface area (Å²) in [4.78, 5) is 14.8. The molecule has 2 aromatic heterocycles. The molecule has 0 N–H and O–H groups in total. The van der Waals surface area contributed by atoms with Gasteiger partial charge in [0.05, 0.1) is 0 Å². The van der Waals surface area contributed by atoms with Gasteiger partial charge in [0.15, 0.2) is 11.5 Å². The predicted octanol–water partition coefficient (Wildman–Crippen LogP) is 1.31. The van der Waals surface area contributed by atoms with Crippen molar-refractivity contribution in [3.8, 4) is 6.07 Å². The lowest BCUT2D eigenvalue weighted by atomic mass is 10.1. The summed E-state index contributed by atoms with van der Waals surface area (Å²) in [6.07, 6.45) is 5.85. The Kier molecular flexibility index (Phi) is 2.61. The van der Waals surface area contributed by atoms with E-state index in [-0.39, 0.29) is 0 Å². The van der Waals surface area contributed by atoms with Crippen LogP contribution in [0.5, 0.6) is 0 Å². The molecule has 0 spiro atoms. The quantitative estimate of drug-likeness (QED) is 0.748. The molecule has 0 fully saturated rings. The Morgan fingerprint density at radius 2 is 2.06 bits per heavy atom. The van der Waals surface area contributed by atoms with Crippen LogP contribution in [-0.4, -0.2) is 21.5 Å². The van der Waals surface area contributed by atoms with E-state index in [2.05, 4.69) is 32.0 Å². The van der Waals surface area contributed by atoms with Crippen LogP contribution in [0.1, 0.15) is 17.0 Å². The second-order valence-corrected chi connectivity index (χ2v) is 4.12. The topological polar surface area (TPSA) is 65.7 Å². The zero-order valence-electron chi connectivity index (χ0n) is 9.74. The molecule has 0 saturated heterocycles. The van der Waals surface area contributed by atoms with Crippen molar-refractivity contribution in [2.75, 3.05) is 11.4 Å². The summed E-state index contributed by atoms with van der Waals surface area (Å²) in [5.74, 6) is 0.662. The summed E-state index contributed by atoms with van der Waals surface area (Å²) < 4.78 is 0. The minimum atomic E-state index is 0.379. The molecule has 0 unspecified atom stereocenters. The Labute approximate surface area is 105 Å². The van der Waals surface area contributed by atoms with Gasteiger partial charge in [-0.25, -0.2) is 9.97 Å². The number of hydrogen-bond donors (Lipinski definition) is 0. The van der Waals surface area contributed by atoms with Crippen LogP contribution in [0.15, 0.2) is 30.7 Å². The van der Waals surface area contributed by atoms with E-state index >= 15 is 0 Å². The standard InChI is InChI=1S/C13H11N5/c14-8-12-13(17-6-5-16-12)18-7-3-11-10(9-18)2-1-4-15-11/h1-2,4-6H,3,7,9H2. The molecule has 0 saturated carbocycles. The molecule has 3 rings (SSSR count). The Morgan fingerprint density at radius 1 is 1.17 bits per heavy atom. The van der Waals surface area contributed by atoms with Crippen LogP contribution in [0.25, 0.3) is 0 Å². The van der Waals surface area contributed by atoms with Crippen LogP contribution in [0.2, 0.25) is 0 Å². The Morgan fingerprint density at radius 3 is 2.94 bits per heavy atom. The van der Waals surface area contributed by atoms with Crippen molar-refractivity contribution in [3.63, 3.8) is 0 Å². The smallest absolute Gasteiger partial charge is 0.183 e. The van der Waals surface area contributed by atoms with E-state index in [0.717, 1.165) is 25.2 Å². The molecule has 1 aliphatic rings.